The van der Waals surface area contributed by atoms with Gasteiger partial charge < -0.3 is 4.42 Å². The Hall–Kier alpha value is -1.62. The second-order valence-electron chi connectivity index (χ2n) is 5.01. The molecule has 3 aromatic rings. The number of nitrogens with one attached hydrogen (secondary N) is 1. The van der Waals surface area contributed by atoms with Crippen molar-refractivity contribution in [3.63, 3.8) is 0 Å². The highest BCUT2D eigenvalue weighted by atomic mass is 79.9. The molecule has 2 aromatic carbocycles. The Morgan fingerprint density at radius 1 is 1.19 bits per heavy atom. The van der Waals surface area contributed by atoms with Crippen LogP contribution in [0.4, 0.5) is 0 Å². The zero-order valence-corrected chi connectivity index (χ0v) is 13.4. The molecule has 108 valence electrons. The van der Waals surface area contributed by atoms with Crippen LogP contribution in [0.5, 0.6) is 0 Å². The van der Waals surface area contributed by atoms with Crippen molar-refractivity contribution >= 4 is 26.9 Å². The molecule has 0 bridgehead atoms. The molecule has 1 atom stereocenters. The van der Waals surface area contributed by atoms with Crippen molar-refractivity contribution in [2.45, 2.75) is 19.4 Å². The van der Waals surface area contributed by atoms with E-state index in [1.807, 2.05) is 24.3 Å². The molecule has 0 radical (unpaired) electrons. The maximum absolute atomic E-state index is 5.99. The van der Waals surface area contributed by atoms with Crippen LogP contribution in [0.2, 0.25) is 0 Å². The zero-order valence-electron chi connectivity index (χ0n) is 11.8. The summed E-state index contributed by atoms with van der Waals surface area (Å²) in [5.74, 6) is 6.58. The van der Waals surface area contributed by atoms with Crippen molar-refractivity contribution in [3.8, 4) is 0 Å². The van der Waals surface area contributed by atoms with E-state index in [1.54, 1.807) is 0 Å². The minimum atomic E-state index is -0.157. The minimum absolute atomic E-state index is 0.157. The summed E-state index contributed by atoms with van der Waals surface area (Å²) in [6, 6.07) is 16.3. The van der Waals surface area contributed by atoms with Gasteiger partial charge in [-0.1, -0.05) is 43.3 Å². The van der Waals surface area contributed by atoms with E-state index in [0.29, 0.717) is 0 Å². The van der Waals surface area contributed by atoms with Crippen molar-refractivity contribution < 1.29 is 4.42 Å². The fourth-order valence-electron chi connectivity index (χ4n) is 2.52. The summed E-state index contributed by atoms with van der Waals surface area (Å²) in [6.07, 6.45) is 0.997. The van der Waals surface area contributed by atoms with Gasteiger partial charge in [-0.25, -0.2) is 5.43 Å². The largest absolute Gasteiger partial charge is 0.458 e. The number of nitrogens with two attached hydrogens (primary N) is 1. The summed E-state index contributed by atoms with van der Waals surface area (Å²) >= 11 is 3.51. The number of fused-ring (bicyclic) bond motifs is 1. The first-order valence-corrected chi connectivity index (χ1v) is 7.75. The van der Waals surface area contributed by atoms with Gasteiger partial charge in [-0.15, -0.1) is 0 Å². The number of hydrogen-bond acceptors (Lipinski definition) is 3. The molecule has 0 aliphatic heterocycles. The van der Waals surface area contributed by atoms with Crippen LogP contribution in [0.15, 0.2) is 57.4 Å². The van der Waals surface area contributed by atoms with E-state index < -0.39 is 0 Å². The molecule has 3 nitrogen and oxygen atoms in total. The molecule has 1 unspecified atom stereocenters. The summed E-state index contributed by atoms with van der Waals surface area (Å²) in [4.78, 5) is 0. The lowest BCUT2D eigenvalue weighted by Crippen LogP contribution is -2.28. The molecule has 1 heterocycles. The predicted octanol–water partition coefficient (Wildman–Crippen LogP) is 4.31. The van der Waals surface area contributed by atoms with Gasteiger partial charge in [-0.3, -0.25) is 5.84 Å². The number of para-hydroxylation sites is 1. The van der Waals surface area contributed by atoms with E-state index in [9.17, 15) is 0 Å². The average Bonchev–Trinajstić information content (AvgIpc) is 2.93. The lowest BCUT2D eigenvalue weighted by molar-refractivity contribution is 0.476. The smallest absolute Gasteiger partial charge is 0.148 e. The summed E-state index contributed by atoms with van der Waals surface area (Å²) < 4.78 is 6.94. The van der Waals surface area contributed by atoms with Crippen LogP contribution in [0.1, 0.15) is 29.9 Å². The SMILES string of the molecule is CCc1cccc(C(NN)c2cc3cccc(Br)c3o2)c1. The van der Waals surface area contributed by atoms with E-state index in [-0.39, 0.29) is 6.04 Å². The molecular weight excluding hydrogens is 328 g/mol. The van der Waals surface area contributed by atoms with Gasteiger partial charge in [0.1, 0.15) is 17.4 Å². The molecule has 0 amide bonds. The second kappa shape index (κ2) is 6.02. The number of aryl methyl sites for hydroxylation is 1. The fraction of sp³-hybridized carbons (Fsp3) is 0.176. The van der Waals surface area contributed by atoms with Gasteiger partial charge in [0.05, 0.1) is 4.47 Å². The lowest BCUT2D eigenvalue weighted by Gasteiger charge is -2.14. The Kier molecular flexibility index (Phi) is 4.10. The van der Waals surface area contributed by atoms with Crippen LogP contribution in [0.3, 0.4) is 0 Å². The monoisotopic (exact) mass is 344 g/mol. The molecule has 0 saturated carbocycles. The normalized spacial score (nSPS) is 12.7. The highest BCUT2D eigenvalue weighted by Gasteiger charge is 2.18. The Labute approximate surface area is 132 Å². The van der Waals surface area contributed by atoms with E-state index in [1.165, 1.54) is 5.56 Å². The Morgan fingerprint density at radius 3 is 2.71 bits per heavy atom. The van der Waals surface area contributed by atoms with Crippen LogP contribution >= 0.6 is 15.9 Å². The average molecular weight is 345 g/mol. The highest BCUT2D eigenvalue weighted by molar-refractivity contribution is 9.10. The van der Waals surface area contributed by atoms with Gasteiger partial charge in [-0.05, 0) is 45.6 Å². The number of halogens is 1. The molecule has 3 rings (SSSR count). The van der Waals surface area contributed by atoms with Gasteiger partial charge in [-0.2, -0.15) is 0 Å². The summed E-state index contributed by atoms with van der Waals surface area (Å²) in [7, 11) is 0. The van der Waals surface area contributed by atoms with Crippen molar-refractivity contribution in [2.24, 2.45) is 5.84 Å². The third kappa shape index (κ3) is 2.75. The van der Waals surface area contributed by atoms with Crippen LogP contribution < -0.4 is 11.3 Å². The first kappa shape index (κ1) is 14.3. The van der Waals surface area contributed by atoms with Crippen LogP contribution in [0.25, 0.3) is 11.0 Å². The highest BCUT2D eigenvalue weighted by Crippen LogP contribution is 2.32. The third-order valence-electron chi connectivity index (χ3n) is 3.66. The van der Waals surface area contributed by atoms with Crippen LogP contribution in [-0.2, 0) is 6.42 Å². The number of benzene rings is 2. The van der Waals surface area contributed by atoms with Crippen LogP contribution in [-0.4, -0.2) is 0 Å². The standard InChI is InChI=1S/C17H17BrN2O/c1-2-11-5-3-6-12(9-11)16(20-19)15-10-13-7-4-8-14(18)17(13)21-15/h3-10,16,20H,2,19H2,1H3. The third-order valence-corrected chi connectivity index (χ3v) is 4.28. The van der Waals surface area contributed by atoms with E-state index in [4.69, 9.17) is 10.3 Å². The predicted molar refractivity (Wildman–Crippen MR) is 88.9 cm³/mol. The van der Waals surface area contributed by atoms with Gasteiger partial charge in [0.15, 0.2) is 0 Å². The first-order valence-electron chi connectivity index (χ1n) is 6.96. The molecule has 21 heavy (non-hydrogen) atoms. The Balaban J connectivity index is 2.07. The van der Waals surface area contributed by atoms with Gasteiger partial charge in [0.25, 0.3) is 0 Å². The fourth-order valence-corrected chi connectivity index (χ4v) is 2.99. The molecular formula is C17H17BrN2O. The molecule has 0 saturated heterocycles. The van der Waals surface area contributed by atoms with Gasteiger partial charge in [0, 0.05) is 5.39 Å². The van der Waals surface area contributed by atoms with Crippen molar-refractivity contribution in [2.75, 3.05) is 0 Å². The Morgan fingerprint density at radius 2 is 2.00 bits per heavy atom. The van der Waals surface area contributed by atoms with Gasteiger partial charge in [0.2, 0.25) is 0 Å². The minimum Gasteiger partial charge on any atom is -0.458 e. The maximum atomic E-state index is 5.99. The van der Waals surface area contributed by atoms with Crippen molar-refractivity contribution in [3.05, 3.63) is 69.9 Å². The number of rotatable bonds is 4. The molecule has 1 aromatic heterocycles. The topological polar surface area (TPSA) is 51.2 Å². The van der Waals surface area contributed by atoms with E-state index >= 15 is 0 Å². The zero-order chi connectivity index (χ0) is 14.8. The molecule has 0 spiro atoms. The van der Waals surface area contributed by atoms with E-state index in [0.717, 1.165) is 33.2 Å². The maximum Gasteiger partial charge on any atom is 0.148 e. The summed E-state index contributed by atoms with van der Waals surface area (Å²) in [5.41, 5.74) is 6.09. The van der Waals surface area contributed by atoms with Crippen molar-refractivity contribution in [1.29, 1.82) is 0 Å². The molecule has 0 aliphatic carbocycles. The summed E-state index contributed by atoms with van der Waals surface area (Å²) in [5, 5.41) is 1.06. The van der Waals surface area contributed by atoms with Crippen LogP contribution in [0, 0.1) is 0 Å². The lowest BCUT2D eigenvalue weighted by atomic mass is 10.0. The van der Waals surface area contributed by atoms with Crippen molar-refractivity contribution in [1.82, 2.24) is 5.43 Å². The molecule has 0 aliphatic rings. The molecule has 3 N–H and O–H groups in total. The number of furan rings is 1. The number of hydrogen-bond donors (Lipinski definition) is 2. The molecule has 0 fully saturated rings. The summed E-state index contributed by atoms with van der Waals surface area (Å²) in [6.45, 7) is 2.14. The number of hydrazine groups is 1. The second-order valence-corrected chi connectivity index (χ2v) is 5.86. The molecule has 4 heteroatoms. The quantitative estimate of drug-likeness (QED) is 0.547. The van der Waals surface area contributed by atoms with Gasteiger partial charge >= 0.3 is 0 Å². The Bertz CT molecular complexity index is 766. The van der Waals surface area contributed by atoms with E-state index in [2.05, 4.69) is 52.5 Å². The first-order chi connectivity index (χ1) is 10.2.